The van der Waals surface area contributed by atoms with Crippen LogP contribution < -0.4 is 0 Å². The van der Waals surface area contributed by atoms with E-state index in [0.29, 0.717) is 33.4 Å². The van der Waals surface area contributed by atoms with Gasteiger partial charge in [-0.15, -0.1) is 11.6 Å². The fourth-order valence-electron chi connectivity index (χ4n) is 2.94. The van der Waals surface area contributed by atoms with Crippen molar-refractivity contribution in [2.75, 3.05) is 0 Å². The molecule has 0 aliphatic carbocycles. The molecule has 3 aromatic rings. The molecule has 1 amide bonds. The zero-order valence-corrected chi connectivity index (χ0v) is 14.4. The van der Waals surface area contributed by atoms with Crippen molar-refractivity contribution in [3.8, 4) is 17.1 Å². The molecule has 0 saturated carbocycles. The van der Waals surface area contributed by atoms with E-state index in [9.17, 15) is 9.90 Å². The SMILES string of the molecule is O=C1N=C(c2ccc(CCl)cc2)c2c(O)[nH]c(-c3ccc(Cl)cc3)c21. The van der Waals surface area contributed by atoms with Crippen molar-refractivity contribution >= 4 is 34.8 Å². The number of halogens is 2. The Morgan fingerprint density at radius 1 is 0.960 bits per heavy atom. The van der Waals surface area contributed by atoms with E-state index < -0.39 is 0 Å². The fraction of sp³-hybridized carbons (Fsp3) is 0.0526. The lowest BCUT2D eigenvalue weighted by atomic mass is 9.99. The molecular formula is C19H12Cl2N2O2. The van der Waals surface area contributed by atoms with Crippen molar-refractivity contribution in [3.05, 3.63) is 75.8 Å². The van der Waals surface area contributed by atoms with Gasteiger partial charge >= 0.3 is 0 Å². The van der Waals surface area contributed by atoms with Gasteiger partial charge in [0.25, 0.3) is 5.91 Å². The third kappa shape index (κ3) is 2.64. The molecule has 4 nitrogen and oxygen atoms in total. The first-order chi connectivity index (χ1) is 12.1. The van der Waals surface area contributed by atoms with Gasteiger partial charge in [-0.1, -0.05) is 48.0 Å². The van der Waals surface area contributed by atoms with Crippen LogP contribution in [0.25, 0.3) is 11.3 Å². The topological polar surface area (TPSA) is 65.4 Å². The van der Waals surface area contributed by atoms with E-state index in [1.807, 2.05) is 24.3 Å². The molecule has 1 aliphatic heterocycles. The summed E-state index contributed by atoms with van der Waals surface area (Å²) in [5, 5.41) is 11.0. The van der Waals surface area contributed by atoms with Gasteiger partial charge in [0.15, 0.2) is 5.88 Å². The molecule has 0 radical (unpaired) electrons. The van der Waals surface area contributed by atoms with Gasteiger partial charge in [0.05, 0.1) is 22.5 Å². The summed E-state index contributed by atoms with van der Waals surface area (Å²) in [6, 6.07) is 14.5. The van der Waals surface area contributed by atoms with Crippen LogP contribution in [0.5, 0.6) is 5.88 Å². The number of alkyl halides is 1. The Balaban J connectivity index is 1.83. The lowest BCUT2D eigenvalue weighted by molar-refractivity contribution is 0.101. The van der Waals surface area contributed by atoms with Crippen molar-refractivity contribution in [2.45, 2.75) is 5.88 Å². The molecule has 25 heavy (non-hydrogen) atoms. The van der Waals surface area contributed by atoms with Crippen LogP contribution in [0.15, 0.2) is 53.5 Å². The predicted molar refractivity (Wildman–Crippen MR) is 98.9 cm³/mol. The quantitative estimate of drug-likeness (QED) is 0.652. The number of carbonyl (C=O) groups excluding carboxylic acids is 1. The number of aromatic hydroxyl groups is 1. The minimum absolute atomic E-state index is 0.0778. The summed E-state index contributed by atoms with van der Waals surface area (Å²) < 4.78 is 0. The second-order valence-electron chi connectivity index (χ2n) is 5.70. The van der Waals surface area contributed by atoms with Gasteiger partial charge in [-0.2, -0.15) is 0 Å². The number of aromatic nitrogens is 1. The summed E-state index contributed by atoms with van der Waals surface area (Å²) in [7, 11) is 0. The molecule has 2 N–H and O–H groups in total. The minimum Gasteiger partial charge on any atom is -0.494 e. The van der Waals surface area contributed by atoms with Gasteiger partial charge in [-0.05, 0) is 23.3 Å². The molecule has 2 aromatic carbocycles. The van der Waals surface area contributed by atoms with E-state index in [-0.39, 0.29) is 11.8 Å². The van der Waals surface area contributed by atoms with E-state index in [2.05, 4.69) is 9.98 Å². The van der Waals surface area contributed by atoms with E-state index in [1.165, 1.54) is 0 Å². The van der Waals surface area contributed by atoms with Crippen molar-refractivity contribution in [1.82, 2.24) is 4.98 Å². The average Bonchev–Trinajstić information content (AvgIpc) is 3.15. The lowest BCUT2D eigenvalue weighted by Gasteiger charge is -2.02. The monoisotopic (exact) mass is 370 g/mol. The Hall–Kier alpha value is -2.56. The molecule has 0 atom stereocenters. The van der Waals surface area contributed by atoms with Crippen LogP contribution in [0.2, 0.25) is 5.02 Å². The number of amides is 1. The summed E-state index contributed by atoms with van der Waals surface area (Å²) >= 11 is 11.7. The number of nitrogens with zero attached hydrogens (tertiary/aromatic N) is 1. The third-order valence-electron chi connectivity index (χ3n) is 4.16. The molecular weight excluding hydrogens is 359 g/mol. The number of nitrogens with one attached hydrogen (secondary N) is 1. The first kappa shape index (κ1) is 15.9. The molecule has 0 bridgehead atoms. The van der Waals surface area contributed by atoms with Crippen molar-refractivity contribution < 1.29 is 9.90 Å². The Bertz CT molecular complexity index is 1000. The first-order valence-corrected chi connectivity index (χ1v) is 8.49. The summed E-state index contributed by atoms with van der Waals surface area (Å²) in [6.07, 6.45) is 0. The van der Waals surface area contributed by atoms with Gasteiger partial charge in [-0.25, -0.2) is 4.99 Å². The Kier molecular flexibility index (Phi) is 3.86. The smallest absolute Gasteiger partial charge is 0.280 e. The van der Waals surface area contributed by atoms with E-state index in [0.717, 1.165) is 16.7 Å². The molecule has 4 rings (SSSR count). The highest BCUT2D eigenvalue weighted by atomic mass is 35.5. The molecule has 1 aromatic heterocycles. The molecule has 6 heteroatoms. The Morgan fingerprint density at radius 3 is 2.24 bits per heavy atom. The molecule has 2 heterocycles. The molecule has 124 valence electrons. The average molecular weight is 371 g/mol. The highest BCUT2D eigenvalue weighted by Gasteiger charge is 2.33. The van der Waals surface area contributed by atoms with Crippen LogP contribution in [0, 0.1) is 0 Å². The number of fused-ring (bicyclic) bond motifs is 1. The number of aliphatic imine (C=N–C) groups is 1. The highest BCUT2D eigenvalue weighted by Crippen LogP contribution is 2.38. The molecule has 0 unspecified atom stereocenters. The summed E-state index contributed by atoms with van der Waals surface area (Å²) in [6.45, 7) is 0. The fourth-order valence-corrected chi connectivity index (χ4v) is 3.24. The largest absolute Gasteiger partial charge is 0.494 e. The Morgan fingerprint density at radius 2 is 1.60 bits per heavy atom. The molecule has 0 spiro atoms. The third-order valence-corrected chi connectivity index (χ3v) is 4.72. The van der Waals surface area contributed by atoms with Gasteiger partial charge in [-0.3, -0.25) is 4.79 Å². The minimum atomic E-state index is -0.382. The lowest BCUT2D eigenvalue weighted by Crippen LogP contribution is -1.99. The number of hydrogen-bond donors (Lipinski definition) is 2. The van der Waals surface area contributed by atoms with Crippen LogP contribution in [0.1, 0.15) is 27.0 Å². The molecule has 1 aliphatic rings. The van der Waals surface area contributed by atoms with Crippen LogP contribution in [0.3, 0.4) is 0 Å². The number of benzene rings is 2. The second kappa shape index (κ2) is 6.06. The number of hydrogen-bond acceptors (Lipinski definition) is 2. The predicted octanol–water partition coefficient (Wildman–Crippen LogP) is 4.77. The number of carbonyl (C=O) groups is 1. The number of H-pyrrole nitrogens is 1. The van der Waals surface area contributed by atoms with Gasteiger partial charge in [0.1, 0.15) is 0 Å². The van der Waals surface area contributed by atoms with E-state index >= 15 is 0 Å². The van der Waals surface area contributed by atoms with Gasteiger partial charge < -0.3 is 10.1 Å². The van der Waals surface area contributed by atoms with E-state index in [4.69, 9.17) is 23.2 Å². The van der Waals surface area contributed by atoms with Crippen molar-refractivity contribution in [1.29, 1.82) is 0 Å². The number of aromatic amines is 1. The highest BCUT2D eigenvalue weighted by molar-refractivity contribution is 6.31. The van der Waals surface area contributed by atoms with Crippen LogP contribution in [0.4, 0.5) is 0 Å². The van der Waals surface area contributed by atoms with Crippen LogP contribution in [-0.4, -0.2) is 21.7 Å². The maximum absolute atomic E-state index is 12.5. The summed E-state index contributed by atoms with van der Waals surface area (Å²) in [5.74, 6) is -0.0496. The molecule has 0 saturated heterocycles. The second-order valence-corrected chi connectivity index (χ2v) is 6.41. The zero-order valence-electron chi connectivity index (χ0n) is 12.9. The Labute approximate surface area is 153 Å². The van der Waals surface area contributed by atoms with Crippen LogP contribution in [-0.2, 0) is 5.88 Å². The summed E-state index contributed by atoms with van der Waals surface area (Å²) in [4.78, 5) is 19.5. The maximum Gasteiger partial charge on any atom is 0.280 e. The standard InChI is InChI=1S/C19H12Cl2N2O2/c20-9-10-1-3-11(4-2-10)16-14-15(19(25)22-16)17(23-18(14)24)12-5-7-13(21)8-6-12/h1-8,23-24H,9H2. The zero-order chi connectivity index (χ0) is 17.6. The molecule has 0 fully saturated rings. The van der Waals surface area contributed by atoms with Crippen LogP contribution >= 0.6 is 23.2 Å². The van der Waals surface area contributed by atoms with E-state index in [1.54, 1.807) is 24.3 Å². The van der Waals surface area contributed by atoms with Crippen molar-refractivity contribution in [2.24, 2.45) is 4.99 Å². The number of rotatable bonds is 3. The maximum atomic E-state index is 12.5. The first-order valence-electron chi connectivity index (χ1n) is 7.58. The van der Waals surface area contributed by atoms with Gasteiger partial charge in [0, 0.05) is 16.5 Å². The summed E-state index contributed by atoms with van der Waals surface area (Å²) in [5.41, 5.74) is 4.25. The van der Waals surface area contributed by atoms with Gasteiger partial charge in [0.2, 0.25) is 0 Å². The normalized spacial score (nSPS) is 13.0. The van der Waals surface area contributed by atoms with Crippen molar-refractivity contribution in [3.63, 3.8) is 0 Å².